The number of ether oxygens (including phenoxy) is 1. The minimum atomic E-state index is -0.845. The Kier molecular flexibility index (Phi) is 4.09. The van der Waals surface area contributed by atoms with Crippen LogP contribution < -0.4 is 0 Å². The molecular formula is C19H22O2. The molecule has 1 N–H and O–H groups in total. The zero-order valence-electron chi connectivity index (χ0n) is 12.5. The Bertz CT molecular complexity index is 576. The first-order valence-corrected chi connectivity index (χ1v) is 7.65. The fraction of sp³-hybridized carbons (Fsp3) is 0.368. The van der Waals surface area contributed by atoms with Gasteiger partial charge in [-0.1, -0.05) is 67.4 Å². The number of methoxy groups -OCH3 is 1. The van der Waals surface area contributed by atoms with Crippen LogP contribution in [-0.4, -0.2) is 18.3 Å². The van der Waals surface area contributed by atoms with Crippen LogP contribution in [0.1, 0.15) is 31.2 Å². The van der Waals surface area contributed by atoms with Crippen LogP contribution in [0.25, 0.3) is 11.1 Å². The number of hydrogen-bond acceptors (Lipinski definition) is 2. The second-order valence-corrected chi connectivity index (χ2v) is 5.84. The van der Waals surface area contributed by atoms with Crippen molar-refractivity contribution in [2.45, 2.75) is 37.4 Å². The number of benzene rings is 2. The SMILES string of the molecule is COC1CCCCC1(O)c1ccc(-c2ccccc2)cc1. The van der Waals surface area contributed by atoms with E-state index in [-0.39, 0.29) is 6.10 Å². The molecule has 1 aliphatic carbocycles. The Morgan fingerprint density at radius 2 is 1.62 bits per heavy atom. The van der Waals surface area contributed by atoms with Crippen LogP contribution in [0, 0.1) is 0 Å². The Balaban J connectivity index is 1.90. The van der Waals surface area contributed by atoms with Gasteiger partial charge in [-0.15, -0.1) is 0 Å². The quantitative estimate of drug-likeness (QED) is 0.917. The predicted octanol–water partition coefficient (Wildman–Crippen LogP) is 4.13. The molecule has 1 aliphatic rings. The van der Waals surface area contributed by atoms with E-state index in [4.69, 9.17) is 4.74 Å². The van der Waals surface area contributed by atoms with Crippen LogP contribution >= 0.6 is 0 Å². The molecule has 1 fully saturated rings. The molecular weight excluding hydrogens is 260 g/mol. The minimum Gasteiger partial charge on any atom is -0.382 e. The van der Waals surface area contributed by atoms with Crippen LogP contribution in [0.2, 0.25) is 0 Å². The van der Waals surface area contributed by atoms with Gasteiger partial charge in [-0.05, 0) is 29.5 Å². The van der Waals surface area contributed by atoms with E-state index in [2.05, 4.69) is 24.3 Å². The largest absolute Gasteiger partial charge is 0.382 e. The number of aliphatic hydroxyl groups is 1. The van der Waals surface area contributed by atoms with E-state index in [1.807, 2.05) is 30.3 Å². The zero-order valence-corrected chi connectivity index (χ0v) is 12.5. The lowest BCUT2D eigenvalue weighted by Crippen LogP contribution is -2.43. The summed E-state index contributed by atoms with van der Waals surface area (Å²) in [4.78, 5) is 0. The van der Waals surface area contributed by atoms with Crippen molar-refractivity contribution in [2.24, 2.45) is 0 Å². The fourth-order valence-electron chi connectivity index (χ4n) is 3.35. The standard InChI is InChI=1S/C19H22O2/c1-21-18-9-5-6-14-19(18,20)17-12-10-16(11-13-17)15-7-3-2-4-8-15/h2-4,7-8,10-13,18,20H,5-6,9,14H2,1H3. The van der Waals surface area contributed by atoms with Crippen molar-refractivity contribution >= 4 is 0 Å². The molecule has 110 valence electrons. The smallest absolute Gasteiger partial charge is 0.116 e. The van der Waals surface area contributed by atoms with Crippen molar-refractivity contribution in [3.63, 3.8) is 0 Å². The molecule has 0 bridgehead atoms. The molecule has 0 saturated heterocycles. The lowest BCUT2D eigenvalue weighted by molar-refractivity contribution is -0.122. The molecule has 0 radical (unpaired) electrons. The molecule has 0 heterocycles. The minimum absolute atomic E-state index is 0.103. The van der Waals surface area contributed by atoms with Crippen LogP contribution in [-0.2, 0) is 10.3 Å². The van der Waals surface area contributed by atoms with Gasteiger partial charge in [-0.3, -0.25) is 0 Å². The molecule has 2 unspecified atom stereocenters. The predicted molar refractivity (Wildman–Crippen MR) is 85.0 cm³/mol. The maximum atomic E-state index is 11.0. The normalized spacial score (nSPS) is 25.7. The summed E-state index contributed by atoms with van der Waals surface area (Å²) in [7, 11) is 1.69. The fourth-order valence-corrected chi connectivity index (χ4v) is 3.35. The summed E-state index contributed by atoms with van der Waals surface area (Å²) in [5, 5.41) is 11.0. The third-order valence-corrected chi connectivity index (χ3v) is 4.58. The maximum absolute atomic E-state index is 11.0. The first kappa shape index (κ1) is 14.3. The molecule has 0 aliphatic heterocycles. The molecule has 3 rings (SSSR count). The van der Waals surface area contributed by atoms with Crippen molar-refractivity contribution in [2.75, 3.05) is 7.11 Å². The van der Waals surface area contributed by atoms with Crippen molar-refractivity contribution < 1.29 is 9.84 Å². The third-order valence-electron chi connectivity index (χ3n) is 4.58. The second kappa shape index (κ2) is 6.00. The summed E-state index contributed by atoms with van der Waals surface area (Å²) in [5.74, 6) is 0. The first-order valence-electron chi connectivity index (χ1n) is 7.65. The molecule has 0 amide bonds. The molecule has 2 aromatic rings. The van der Waals surface area contributed by atoms with Gasteiger partial charge in [0.05, 0.1) is 6.10 Å². The van der Waals surface area contributed by atoms with Crippen LogP contribution in [0.3, 0.4) is 0 Å². The third kappa shape index (κ3) is 2.74. The highest BCUT2D eigenvalue weighted by atomic mass is 16.5. The van der Waals surface area contributed by atoms with Crippen molar-refractivity contribution in [1.29, 1.82) is 0 Å². The van der Waals surface area contributed by atoms with Gasteiger partial charge < -0.3 is 9.84 Å². The Labute approximate surface area is 126 Å². The van der Waals surface area contributed by atoms with Crippen molar-refractivity contribution in [1.82, 2.24) is 0 Å². The highest BCUT2D eigenvalue weighted by Gasteiger charge is 2.40. The van der Waals surface area contributed by atoms with E-state index in [1.54, 1.807) is 7.11 Å². The number of rotatable bonds is 3. The molecule has 1 saturated carbocycles. The van der Waals surface area contributed by atoms with E-state index >= 15 is 0 Å². The van der Waals surface area contributed by atoms with Crippen molar-refractivity contribution in [3.05, 3.63) is 60.2 Å². The Morgan fingerprint density at radius 3 is 2.29 bits per heavy atom. The molecule has 2 atom stereocenters. The van der Waals surface area contributed by atoms with Crippen LogP contribution in [0.15, 0.2) is 54.6 Å². The van der Waals surface area contributed by atoms with E-state index in [0.29, 0.717) is 0 Å². The zero-order chi connectivity index (χ0) is 14.7. The van der Waals surface area contributed by atoms with Crippen LogP contribution in [0.5, 0.6) is 0 Å². The highest BCUT2D eigenvalue weighted by Crippen LogP contribution is 2.39. The molecule has 21 heavy (non-hydrogen) atoms. The Hall–Kier alpha value is -1.64. The lowest BCUT2D eigenvalue weighted by Gasteiger charge is -2.39. The molecule has 0 aromatic heterocycles. The Morgan fingerprint density at radius 1 is 0.952 bits per heavy atom. The van der Waals surface area contributed by atoms with Crippen LogP contribution in [0.4, 0.5) is 0 Å². The van der Waals surface area contributed by atoms with E-state index < -0.39 is 5.60 Å². The molecule has 2 heteroatoms. The van der Waals surface area contributed by atoms with Gasteiger partial charge >= 0.3 is 0 Å². The monoisotopic (exact) mass is 282 g/mol. The number of hydrogen-bond donors (Lipinski definition) is 1. The summed E-state index contributed by atoms with van der Waals surface area (Å²) >= 11 is 0. The van der Waals surface area contributed by atoms with Gasteiger partial charge in [0, 0.05) is 7.11 Å². The van der Waals surface area contributed by atoms with Gasteiger partial charge in [-0.25, -0.2) is 0 Å². The molecule has 2 nitrogen and oxygen atoms in total. The molecule has 2 aromatic carbocycles. The first-order chi connectivity index (χ1) is 10.2. The average molecular weight is 282 g/mol. The van der Waals surface area contributed by atoms with Gasteiger partial charge in [0.15, 0.2) is 0 Å². The molecule has 0 spiro atoms. The summed E-state index contributed by atoms with van der Waals surface area (Å²) in [6.07, 6.45) is 3.78. The summed E-state index contributed by atoms with van der Waals surface area (Å²) in [5.41, 5.74) is 2.49. The van der Waals surface area contributed by atoms with Gasteiger partial charge in [0.2, 0.25) is 0 Å². The van der Waals surface area contributed by atoms with E-state index in [9.17, 15) is 5.11 Å². The van der Waals surface area contributed by atoms with Gasteiger partial charge in [0.25, 0.3) is 0 Å². The highest BCUT2D eigenvalue weighted by molar-refractivity contribution is 5.63. The lowest BCUT2D eigenvalue weighted by atomic mass is 9.77. The van der Waals surface area contributed by atoms with Crippen molar-refractivity contribution in [3.8, 4) is 11.1 Å². The maximum Gasteiger partial charge on any atom is 0.116 e. The topological polar surface area (TPSA) is 29.5 Å². The summed E-state index contributed by atoms with van der Waals surface area (Å²) in [6, 6.07) is 18.6. The average Bonchev–Trinajstić information content (AvgIpc) is 2.56. The van der Waals surface area contributed by atoms with E-state index in [1.165, 1.54) is 11.1 Å². The van der Waals surface area contributed by atoms with E-state index in [0.717, 1.165) is 31.2 Å². The summed E-state index contributed by atoms with van der Waals surface area (Å²) in [6.45, 7) is 0. The van der Waals surface area contributed by atoms with Gasteiger partial charge in [0.1, 0.15) is 5.60 Å². The van der Waals surface area contributed by atoms with Gasteiger partial charge in [-0.2, -0.15) is 0 Å². The second-order valence-electron chi connectivity index (χ2n) is 5.84. The summed E-state index contributed by atoms with van der Waals surface area (Å²) < 4.78 is 5.53.